The second-order valence-electron chi connectivity index (χ2n) is 2.57. The van der Waals surface area contributed by atoms with E-state index in [2.05, 4.69) is 0 Å². The molecule has 0 N–H and O–H groups in total. The number of hydrogen-bond acceptors (Lipinski definition) is 6. The number of halogens is 1. The zero-order chi connectivity index (χ0) is 12.8. The van der Waals surface area contributed by atoms with Crippen LogP contribution in [0.5, 0.6) is 0 Å². The summed E-state index contributed by atoms with van der Waals surface area (Å²) < 4.78 is 35.5. The lowest BCUT2D eigenvalue weighted by Crippen LogP contribution is -2.68. The van der Waals surface area contributed by atoms with Crippen molar-refractivity contribution in [2.45, 2.75) is 6.92 Å². The third-order valence-electron chi connectivity index (χ3n) is 1.39. The van der Waals surface area contributed by atoms with Crippen LogP contribution in [0.4, 0.5) is 0 Å². The van der Waals surface area contributed by atoms with Gasteiger partial charge in [0.15, 0.2) is 5.78 Å². The van der Waals surface area contributed by atoms with E-state index in [1.54, 1.807) is 31.6 Å². The van der Waals surface area contributed by atoms with Gasteiger partial charge >= 0.3 is 0 Å². The molecule has 90 valence electrons. The Morgan fingerprint density at radius 3 is 2.25 bits per heavy atom. The first-order valence-corrected chi connectivity index (χ1v) is 5.16. The molecule has 1 heterocycles. The smallest absolute Gasteiger partial charge is 0.233 e. The standard InChI is InChI=1S/C8H10NO2.ClHO4/c1-7(10)8-4-3-5-9(6-8)11-2;2-1(3,4)5/h3-6H,1-2H3;(H,2,3,4,5)/q+1;/p-1. The van der Waals surface area contributed by atoms with E-state index in [0.717, 1.165) is 0 Å². The maximum absolute atomic E-state index is 10.8. The van der Waals surface area contributed by atoms with Crippen LogP contribution in [0.2, 0.25) is 0 Å². The van der Waals surface area contributed by atoms with Gasteiger partial charge < -0.3 is 0 Å². The van der Waals surface area contributed by atoms with Crippen molar-refractivity contribution in [2.75, 3.05) is 7.11 Å². The minimum atomic E-state index is -4.94. The van der Waals surface area contributed by atoms with Gasteiger partial charge in [-0.15, -0.1) is 10.2 Å². The van der Waals surface area contributed by atoms with Gasteiger partial charge in [-0.1, -0.05) is 0 Å². The normalized spacial score (nSPS) is 10.1. The summed E-state index contributed by atoms with van der Waals surface area (Å²) in [6.07, 6.45) is 3.37. The van der Waals surface area contributed by atoms with Crippen molar-refractivity contribution in [3.05, 3.63) is 30.1 Å². The summed E-state index contributed by atoms with van der Waals surface area (Å²) in [7, 11) is -3.40. The summed E-state index contributed by atoms with van der Waals surface area (Å²) in [5.41, 5.74) is 0.648. The Balaban J connectivity index is 0.000000385. The molecule has 7 nitrogen and oxygen atoms in total. The second-order valence-corrected chi connectivity index (χ2v) is 3.33. The van der Waals surface area contributed by atoms with Crippen LogP contribution in [0.25, 0.3) is 0 Å². The molecule has 8 heteroatoms. The van der Waals surface area contributed by atoms with E-state index in [-0.39, 0.29) is 5.78 Å². The molecule has 0 atom stereocenters. The molecule has 0 aromatic carbocycles. The van der Waals surface area contributed by atoms with Crippen LogP contribution in [0, 0.1) is 10.2 Å². The van der Waals surface area contributed by atoms with Gasteiger partial charge in [0.2, 0.25) is 12.4 Å². The van der Waals surface area contributed by atoms with Crippen LogP contribution in [0.15, 0.2) is 24.5 Å². The van der Waals surface area contributed by atoms with Crippen LogP contribution in [0.3, 0.4) is 0 Å². The van der Waals surface area contributed by atoms with Crippen LogP contribution in [-0.2, 0) is 0 Å². The van der Waals surface area contributed by atoms with E-state index >= 15 is 0 Å². The molecule has 0 amide bonds. The maximum Gasteiger partial charge on any atom is 0.233 e. The van der Waals surface area contributed by atoms with Crippen molar-refractivity contribution in [1.82, 2.24) is 0 Å². The highest BCUT2D eigenvalue weighted by molar-refractivity contribution is 5.93. The van der Waals surface area contributed by atoms with Gasteiger partial charge in [-0.3, -0.25) is 9.63 Å². The van der Waals surface area contributed by atoms with E-state index in [9.17, 15) is 4.79 Å². The van der Waals surface area contributed by atoms with E-state index < -0.39 is 10.2 Å². The number of rotatable bonds is 2. The van der Waals surface area contributed by atoms with Gasteiger partial charge in [0.1, 0.15) is 7.11 Å². The molecule has 0 fully saturated rings. The first-order valence-electron chi connectivity index (χ1n) is 3.92. The van der Waals surface area contributed by atoms with E-state index in [4.69, 9.17) is 23.5 Å². The van der Waals surface area contributed by atoms with Gasteiger partial charge in [-0.05, 0) is 13.0 Å². The second kappa shape index (κ2) is 6.36. The monoisotopic (exact) mass is 251 g/mol. The number of carbonyl (C=O) groups is 1. The topological polar surface area (TPSA) is 122 Å². The summed E-state index contributed by atoms with van der Waals surface area (Å²) in [4.78, 5) is 15.7. The van der Waals surface area contributed by atoms with Crippen molar-refractivity contribution in [3.63, 3.8) is 0 Å². The van der Waals surface area contributed by atoms with Crippen LogP contribution in [-0.4, -0.2) is 12.9 Å². The molecule has 16 heavy (non-hydrogen) atoms. The van der Waals surface area contributed by atoms with Crippen LogP contribution in [0.1, 0.15) is 17.3 Å². The van der Waals surface area contributed by atoms with Crippen molar-refractivity contribution in [2.24, 2.45) is 0 Å². The van der Waals surface area contributed by atoms with Crippen LogP contribution < -0.4 is 28.2 Å². The lowest BCUT2D eigenvalue weighted by Gasteiger charge is -2.17. The molecule has 0 aliphatic carbocycles. The SMILES string of the molecule is CO[n+]1cccc(C(C)=O)c1.[O-][Cl+3]([O-])([O-])[O-]. The lowest BCUT2D eigenvalue weighted by atomic mass is 10.2. The largest absolute Gasteiger partial charge is 0.294 e. The zero-order valence-corrected chi connectivity index (χ0v) is 9.34. The molecule has 1 aromatic heterocycles. The molecular weight excluding hydrogens is 242 g/mol. The number of aromatic nitrogens is 1. The maximum atomic E-state index is 10.8. The Bertz CT molecular complexity index is 345. The van der Waals surface area contributed by atoms with Gasteiger partial charge in [0.25, 0.3) is 0 Å². The number of pyridine rings is 1. The summed E-state index contributed by atoms with van der Waals surface area (Å²) in [6.45, 7) is 1.52. The molecule has 0 aliphatic rings. The number of hydrogen-bond donors (Lipinski definition) is 0. The van der Waals surface area contributed by atoms with Crippen molar-refractivity contribution >= 4 is 5.78 Å². The molecular formula is C8H10ClNO6. The predicted molar refractivity (Wildman–Crippen MR) is 39.1 cm³/mol. The van der Waals surface area contributed by atoms with Gasteiger partial charge in [0, 0.05) is 10.8 Å². The minimum absolute atomic E-state index is 0.0383. The fourth-order valence-electron chi connectivity index (χ4n) is 0.776. The number of nitrogens with zero attached hydrogens (tertiary/aromatic N) is 1. The molecule has 0 unspecified atom stereocenters. The molecule has 0 bridgehead atoms. The Kier molecular flexibility index (Phi) is 5.86. The lowest BCUT2D eigenvalue weighted by molar-refractivity contribution is -2.00. The minimum Gasteiger partial charge on any atom is -0.294 e. The Morgan fingerprint density at radius 2 is 1.88 bits per heavy atom. The molecule has 1 aromatic rings. The summed E-state index contributed by atoms with van der Waals surface area (Å²) in [5, 5.41) is 0. The van der Waals surface area contributed by atoms with Gasteiger partial charge in [0.05, 0.1) is 5.56 Å². The number of Topliss-reactive ketones (excluding diaryl/α,β-unsaturated/α-hetero) is 1. The number of carbonyl (C=O) groups excluding carboxylic acids is 1. The van der Waals surface area contributed by atoms with Gasteiger partial charge in [-0.2, -0.15) is 0 Å². The third kappa shape index (κ3) is 8.09. The fraction of sp³-hybridized carbons (Fsp3) is 0.250. The molecule has 0 aliphatic heterocycles. The van der Waals surface area contributed by atoms with Crippen molar-refractivity contribution in [1.29, 1.82) is 0 Å². The average molecular weight is 252 g/mol. The number of ketones is 1. The molecule has 0 saturated heterocycles. The van der Waals surface area contributed by atoms with Crippen LogP contribution >= 0.6 is 0 Å². The summed E-state index contributed by atoms with van der Waals surface area (Å²) in [6, 6.07) is 3.51. The molecule has 0 saturated carbocycles. The first kappa shape index (κ1) is 14.8. The third-order valence-corrected chi connectivity index (χ3v) is 1.39. The summed E-state index contributed by atoms with van der Waals surface area (Å²) in [5.74, 6) is 0.0383. The average Bonchev–Trinajstić information content (AvgIpc) is 2.15. The highest BCUT2D eigenvalue weighted by Gasteiger charge is 2.04. The molecule has 0 radical (unpaired) electrons. The summed E-state index contributed by atoms with van der Waals surface area (Å²) >= 11 is 0. The van der Waals surface area contributed by atoms with E-state index in [1.165, 1.54) is 11.7 Å². The Hall–Kier alpha value is -1.25. The van der Waals surface area contributed by atoms with Crippen molar-refractivity contribution < 1.29 is 43.2 Å². The Morgan fingerprint density at radius 1 is 1.38 bits per heavy atom. The van der Waals surface area contributed by atoms with Crippen molar-refractivity contribution in [3.8, 4) is 0 Å². The first-order chi connectivity index (χ1) is 7.24. The van der Waals surface area contributed by atoms with E-state index in [1.807, 2.05) is 0 Å². The highest BCUT2D eigenvalue weighted by atomic mass is 35.7. The quantitative estimate of drug-likeness (QED) is 0.385. The molecule has 0 spiro atoms. The zero-order valence-electron chi connectivity index (χ0n) is 8.58. The van der Waals surface area contributed by atoms with E-state index in [0.29, 0.717) is 5.56 Å². The fourth-order valence-corrected chi connectivity index (χ4v) is 0.776. The predicted octanol–water partition coefficient (Wildman–Crippen LogP) is -4.52. The molecule has 1 rings (SSSR count). The van der Waals surface area contributed by atoms with Gasteiger partial charge in [-0.25, -0.2) is 18.6 Å². The highest BCUT2D eigenvalue weighted by Crippen LogP contribution is 1.93. The Labute approximate surface area is 93.8 Å².